The van der Waals surface area contributed by atoms with Crippen LogP contribution in [0, 0.1) is 5.92 Å². The van der Waals surface area contributed by atoms with E-state index in [9.17, 15) is 4.79 Å². The summed E-state index contributed by atoms with van der Waals surface area (Å²) in [5, 5.41) is -1.33. The first-order valence-electron chi connectivity index (χ1n) is 7.49. The first-order chi connectivity index (χ1) is 12.4. The molecular weight excluding hydrogens is 437 g/mol. The van der Waals surface area contributed by atoms with Crippen molar-refractivity contribution in [1.29, 1.82) is 0 Å². The lowest BCUT2D eigenvalue weighted by molar-refractivity contribution is 0.00621. The molecule has 1 atom stereocenters. The summed E-state index contributed by atoms with van der Waals surface area (Å²) < 4.78 is 5.70. The Kier molecular flexibility index (Phi) is 5.91. The summed E-state index contributed by atoms with van der Waals surface area (Å²) in [6, 6.07) is 17.2. The molecule has 1 aliphatic rings. The zero-order valence-corrected chi connectivity index (χ0v) is 16.8. The minimum absolute atomic E-state index is 0.0834. The van der Waals surface area contributed by atoms with Crippen molar-refractivity contribution in [2.45, 2.75) is 5.06 Å². The van der Waals surface area contributed by atoms with Crippen molar-refractivity contribution in [3.63, 3.8) is 0 Å². The number of hydrogen-bond donors (Lipinski definition) is 0. The Balaban J connectivity index is 2.09. The number of halogens is 5. The highest BCUT2D eigenvalue weighted by Crippen LogP contribution is 2.55. The van der Waals surface area contributed by atoms with Crippen LogP contribution < -0.4 is 0 Å². The predicted octanol–water partition coefficient (Wildman–Crippen LogP) is 6.94. The number of benzene rings is 2. The van der Waals surface area contributed by atoms with Crippen LogP contribution in [0.3, 0.4) is 0 Å². The SMILES string of the molecule is O=C(OC(Cl)(c1ccccc1)C1C(Cl)=C(Cl)C(Cl)=C1Cl)c1ccccc1. The number of allylic oxidation sites excluding steroid dienone is 2. The van der Waals surface area contributed by atoms with Crippen molar-refractivity contribution in [3.05, 3.63) is 91.9 Å². The van der Waals surface area contributed by atoms with Crippen LogP contribution in [-0.2, 0) is 9.80 Å². The molecule has 0 N–H and O–H groups in total. The Hall–Kier alpha value is -1.16. The van der Waals surface area contributed by atoms with Gasteiger partial charge in [-0.2, -0.15) is 0 Å². The standard InChI is InChI=1S/C19H11Cl5O2/c20-14-13(15(21)17(23)16(14)22)19(24,12-9-5-2-6-10-12)26-18(25)11-7-3-1-4-8-11/h1-10,13H. The van der Waals surface area contributed by atoms with Crippen LogP contribution in [0.2, 0.25) is 0 Å². The zero-order chi connectivity index (χ0) is 18.9. The summed E-state index contributed by atoms with van der Waals surface area (Å²) in [5.41, 5.74) is 0.826. The second kappa shape index (κ2) is 7.84. The molecule has 0 bridgehead atoms. The number of carbonyl (C=O) groups excluding carboxylic acids is 1. The highest BCUT2D eigenvalue weighted by molar-refractivity contribution is 6.53. The van der Waals surface area contributed by atoms with Crippen LogP contribution in [0.1, 0.15) is 15.9 Å². The fourth-order valence-corrected chi connectivity index (χ4v) is 4.43. The number of hydrogen-bond acceptors (Lipinski definition) is 2. The molecule has 2 aromatic carbocycles. The van der Waals surface area contributed by atoms with E-state index in [-0.39, 0.29) is 20.1 Å². The normalized spacial score (nSPS) is 17.4. The quantitative estimate of drug-likeness (QED) is 0.374. The summed E-state index contributed by atoms with van der Waals surface area (Å²) in [6.07, 6.45) is 0. The number of alkyl halides is 1. The smallest absolute Gasteiger partial charge is 0.340 e. The number of esters is 1. The lowest BCUT2D eigenvalue weighted by Crippen LogP contribution is -2.35. The van der Waals surface area contributed by atoms with Crippen molar-refractivity contribution < 1.29 is 9.53 Å². The Morgan fingerprint density at radius 3 is 1.77 bits per heavy atom. The highest BCUT2D eigenvalue weighted by Gasteiger charge is 2.50. The van der Waals surface area contributed by atoms with Crippen LogP contribution in [0.25, 0.3) is 0 Å². The summed E-state index contributed by atoms with van der Waals surface area (Å²) in [6.45, 7) is 0. The van der Waals surface area contributed by atoms with Gasteiger partial charge in [-0.1, -0.05) is 107 Å². The Morgan fingerprint density at radius 2 is 1.27 bits per heavy atom. The van der Waals surface area contributed by atoms with Gasteiger partial charge in [0.2, 0.25) is 5.06 Å². The third-order valence-electron chi connectivity index (χ3n) is 3.91. The topological polar surface area (TPSA) is 26.3 Å². The van der Waals surface area contributed by atoms with Gasteiger partial charge in [0.05, 0.1) is 31.6 Å². The first kappa shape index (κ1) is 19.6. The Bertz CT molecular complexity index is 869. The average molecular weight is 449 g/mol. The maximum absolute atomic E-state index is 12.7. The molecule has 0 aromatic heterocycles. The zero-order valence-electron chi connectivity index (χ0n) is 13.1. The van der Waals surface area contributed by atoms with E-state index in [1.54, 1.807) is 54.6 Å². The molecule has 1 aliphatic carbocycles. The van der Waals surface area contributed by atoms with Gasteiger partial charge in [-0.3, -0.25) is 0 Å². The molecule has 0 saturated carbocycles. The Labute approximate surface area is 175 Å². The van der Waals surface area contributed by atoms with Crippen molar-refractivity contribution in [2.24, 2.45) is 5.92 Å². The van der Waals surface area contributed by atoms with Gasteiger partial charge in [0.25, 0.3) is 0 Å². The molecule has 26 heavy (non-hydrogen) atoms. The van der Waals surface area contributed by atoms with E-state index in [1.807, 2.05) is 6.07 Å². The number of ether oxygens (including phenoxy) is 1. The third-order valence-corrected chi connectivity index (χ3v) is 6.31. The number of rotatable bonds is 4. The molecule has 0 heterocycles. The van der Waals surface area contributed by atoms with E-state index in [2.05, 4.69) is 0 Å². The van der Waals surface area contributed by atoms with Crippen LogP contribution in [0.4, 0.5) is 0 Å². The van der Waals surface area contributed by atoms with E-state index in [4.69, 9.17) is 62.7 Å². The summed E-state index contributed by atoms with van der Waals surface area (Å²) >= 11 is 31.8. The van der Waals surface area contributed by atoms with Crippen molar-refractivity contribution in [2.75, 3.05) is 0 Å². The molecule has 0 spiro atoms. The molecule has 0 fully saturated rings. The van der Waals surface area contributed by atoms with Gasteiger partial charge in [-0.25, -0.2) is 4.79 Å². The van der Waals surface area contributed by atoms with Crippen LogP contribution in [0.5, 0.6) is 0 Å². The van der Waals surface area contributed by atoms with Gasteiger partial charge in [0.15, 0.2) is 0 Å². The number of carbonyl (C=O) groups is 1. The first-order valence-corrected chi connectivity index (χ1v) is 9.38. The van der Waals surface area contributed by atoms with Gasteiger partial charge in [0, 0.05) is 5.56 Å². The highest BCUT2D eigenvalue weighted by atomic mass is 35.5. The molecule has 134 valence electrons. The molecule has 0 saturated heterocycles. The third kappa shape index (κ3) is 3.49. The minimum Gasteiger partial charge on any atom is -0.434 e. The van der Waals surface area contributed by atoms with Gasteiger partial charge >= 0.3 is 5.97 Å². The molecule has 1 unspecified atom stereocenters. The maximum Gasteiger partial charge on any atom is 0.340 e. The van der Waals surface area contributed by atoms with Gasteiger partial charge in [-0.15, -0.1) is 0 Å². The van der Waals surface area contributed by atoms with E-state index in [0.717, 1.165) is 0 Å². The van der Waals surface area contributed by atoms with E-state index in [0.29, 0.717) is 11.1 Å². The molecular formula is C19H11Cl5O2. The molecule has 0 amide bonds. The predicted molar refractivity (Wildman–Crippen MR) is 107 cm³/mol. The molecule has 2 nitrogen and oxygen atoms in total. The van der Waals surface area contributed by atoms with Crippen molar-refractivity contribution in [3.8, 4) is 0 Å². The van der Waals surface area contributed by atoms with E-state index in [1.165, 1.54) is 0 Å². The van der Waals surface area contributed by atoms with Gasteiger partial charge < -0.3 is 4.74 Å². The summed E-state index contributed by atoms with van der Waals surface area (Å²) in [4.78, 5) is 12.7. The second-order valence-corrected chi connectivity index (χ2v) is 7.66. The molecule has 7 heteroatoms. The van der Waals surface area contributed by atoms with Crippen LogP contribution >= 0.6 is 58.0 Å². The lowest BCUT2D eigenvalue weighted by atomic mass is 9.95. The van der Waals surface area contributed by atoms with Crippen molar-refractivity contribution >= 4 is 64.0 Å². The average Bonchev–Trinajstić information content (AvgIpc) is 2.86. The van der Waals surface area contributed by atoms with E-state index >= 15 is 0 Å². The van der Waals surface area contributed by atoms with Crippen LogP contribution in [-0.4, -0.2) is 5.97 Å². The maximum atomic E-state index is 12.7. The molecule has 3 rings (SSSR count). The Morgan fingerprint density at radius 1 is 0.808 bits per heavy atom. The molecule has 0 radical (unpaired) electrons. The monoisotopic (exact) mass is 446 g/mol. The fraction of sp³-hybridized carbons (Fsp3) is 0.105. The molecule has 2 aromatic rings. The lowest BCUT2D eigenvalue weighted by Gasteiger charge is -2.33. The van der Waals surface area contributed by atoms with Gasteiger partial charge in [0.1, 0.15) is 0 Å². The van der Waals surface area contributed by atoms with Crippen molar-refractivity contribution in [1.82, 2.24) is 0 Å². The fourth-order valence-electron chi connectivity index (χ4n) is 2.62. The van der Waals surface area contributed by atoms with Gasteiger partial charge in [-0.05, 0) is 12.1 Å². The summed E-state index contributed by atoms with van der Waals surface area (Å²) in [7, 11) is 0. The van der Waals surface area contributed by atoms with E-state index < -0.39 is 16.9 Å². The largest absolute Gasteiger partial charge is 0.434 e. The molecule has 0 aliphatic heterocycles. The van der Waals surface area contributed by atoms with Crippen LogP contribution in [0.15, 0.2) is 80.8 Å². The second-order valence-electron chi connectivity index (χ2n) is 5.52. The summed E-state index contributed by atoms with van der Waals surface area (Å²) in [5.74, 6) is -1.56. The minimum atomic E-state index is -1.72.